The Labute approximate surface area is 126 Å². The van der Waals surface area contributed by atoms with E-state index >= 15 is 0 Å². The van der Waals surface area contributed by atoms with E-state index in [1.54, 1.807) is 13.0 Å². The van der Waals surface area contributed by atoms with Crippen LogP contribution < -0.4 is 5.32 Å². The molecule has 0 bridgehead atoms. The third kappa shape index (κ3) is 3.03. The third-order valence-electron chi connectivity index (χ3n) is 3.14. The average Bonchev–Trinajstić information content (AvgIpc) is 3.15. The molecule has 0 spiro atoms. The Morgan fingerprint density at radius 2 is 2.00 bits per heavy atom. The van der Waals surface area contributed by atoms with Gasteiger partial charge in [-0.25, -0.2) is 0 Å². The molecule has 2 heterocycles. The fourth-order valence-corrected chi connectivity index (χ4v) is 1.97. The molecule has 0 fully saturated rings. The molecule has 0 saturated heterocycles. The molecular weight excluding hydrogens is 282 g/mol. The lowest BCUT2D eigenvalue weighted by molar-refractivity contribution is 0.0942. The number of rotatable bonds is 4. The van der Waals surface area contributed by atoms with E-state index in [2.05, 4.69) is 25.7 Å². The maximum Gasteiger partial charge on any atom is 0.269 e. The van der Waals surface area contributed by atoms with Crippen molar-refractivity contribution in [2.45, 2.75) is 20.4 Å². The summed E-state index contributed by atoms with van der Waals surface area (Å²) in [6.45, 7) is 3.89. The highest BCUT2D eigenvalue weighted by atomic mass is 16.4. The van der Waals surface area contributed by atoms with Crippen LogP contribution in [0.25, 0.3) is 11.3 Å². The lowest BCUT2D eigenvalue weighted by Crippen LogP contribution is -2.23. The van der Waals surface area contributed by atoms with Crippen molar-refractivity contribution in [3.63, 3.8) is 0 Å². The van der Waals surface area contributed by atoms with Gasteiger partial charge < -0.3 is 9.73 Å². The molecule has 0 saturated carbocycles. The molecule has 22 heavy (non-hydrogen) atoms. The molecule has 7 nitrogen and oxygen atoms in total. The molecule has 2 aromatic heterocycles. The fourth-order valence-electron chi connectivity index (χ4n) is 1.97. The van der Waals surface area contributed by atoms with E-state index in [-0.39, 0.29) is 12.5 Å². The average molecular weight is 297 g/mol. The second-order valence-electron chi connectivity index (χ2n) is 4.93. The first kappa shape index (κ1) is 14.0. The van der Waals surface area contributed by atoms with Crippen LogP contribution in [0.5, 0.6) is 0 Å². The number of carbonyl (C=O) groups excluding carboxylic acids is 1. The van der Waals surface area contributed by atoms with Crippen LogP contribution in [0.3, 0.4) is 0 Å². The largest absolute Gasteiger partial charge is 0.424 e. The van der Waals surface area contributed by atoms with Crippen molar-refractivity contribution in [3.05, 3.63) is 53.4 Å². The Kier molecular flexibility index (Phi) is 3.69. The topological polar surface area (TPSA) is 96.7 Å². The summed E-state index contributed by atoms with van der Waals surface area (Å²) in [6, 6.07) is 9.64. The van der Waals surface area contributed by atoms with Crippen LogP contribution in [0, 0.1) is 13.8 Å². The fraction of sp³-hybridized carbons (Fsp3) is 0.200. The van der Waals surface area contributed by atoms with Gasteiger partial charge in [-0.1, -0.05) is 29.8 Å². The number of H-pyrrole nitrogens is 1. The molecule has 1 aromatic carbocycles. The number of aromatic nitrogens is 4. The molecule has 0 unspecified atom stereocenters. The van der Waals surface area contributed by atoms with Gasteiger partial charge in [0.15, 0.2) is 0 Å². The highest BCUT2D eigenvalue weighted by Gasteiger charge is 2.12. The minimum absolute atomic E-state index is 0.179. The number of hydrogen-bond acceptors (Lipinski definition) is 5. The summed E-state index contributed by atoms with van der Waals surface area (Å²) in [4.78, 5) is 12.1. The number of aryl methyl sites for hydroxylation is 2. The van der Waals surface area contributed by atoms with E-state index in [1.165, 1.54) is 5.56 Å². The second-order valence-corrected chi connectivity index (χ2v) is 4.93. The molecule has 3 rings (SSSR count). The molecule has 0 aliphatic carbocycles. The third-order valence-corrected chi connectivity index (χ3v) is 3.14. The number of aromatic amines is 1. The van der Waals surface area contributed by atoms with Crippen LogP contribution >= 0.6 is 0 Å². The van der Waals surface area contributed by atoms with Crippen LogP contribution in [0.4, 0.5) is 0 Å². The van der Waals surface area contributed by atoms with E-state index in [0.29, 0.717) is 17.5 Å². The zero-order valence-corrected chi connectivity index (χ0v) is 12.3. The summed E-state index contributed by atoms with van der Waals surface area (Å²) >= 11 is 0. The predicted octanol–water partition coefficient (Wildman–Crippen LogP) is 2.01. The molecule has 2 N–H and O–H groups in total. The van der Waals surface area contributed by atoms with Crippen molar-refractivity contribution in [1.29, 1.82) is 0 Å². The highest BCUT2D eigenvalue weighted by Crippen LogP contribution is 2.18. The van der Waals surface area contributed by atoms with Gasteiger partial charge in [0.25, 0.3) is 5.91 Å². The molecule has 3 aromatic rings. The van der Waals surface area contributed by atoms with E-state index in [1.807, 2.05) is 31.2 Å². The maximum absolute atomic E-state index is 12.1. The summed E-state index contributed by atoms with van der Waals surface area (Å²) in [5.41, 5.74) is 3.23. The van der Waals surface area contributed by atoms with Crippen molar-refractivity contribution in [2.75, 3.05) is 0 Å². The Balaban J connectivity index is 1.67. The second kappa shape index (κ2) is 5.80. The molecule has 0 aliphatic heterocycles. The summed E-state index contributed by atoms with van der Waals surface area (Å²) in [5.74, 6) is 0.554. The lowest BCUT2D eigenvalue weighted by atomic mass is 10.1. The number of nitrogens with one attached hydrogen (secondary N) is 2. The normalized spacial score (nSPS) is 10.6. The highest BCUT2D eigenvalue weighted by molar-refractivity contribution is 5.93. The Hall–Kier alpha value is -2.96. The number of amides is 1. The quantitative estimate of drug-likeness (QED) is 0.767. The zero-order chi connectivity index (χ0) is 15.5. The van der Waals surface area contributed by atoms with Crippen LogP contribution in [-0.2, 0) is 6.54 Å². The van der Waals surface area contributed by atoms with Gasteiger partial charge in [0.1, 0.15) is 5.69 Å². The molecular formula is C15H15N5O2. The first-order valence-electron chi connectivity index (χ1n) is 6.81. The number of benzene rings is 1. The smallest absolute Gasteiger partial charge is 0.269 e. The first-order chi connectivity index (χ1) is 10.6. The predicted molar refractivity (Wildman–Crippen MR) is 79.0 cm³/mol. The molecule has 7 heteroatoms. The maximum atomic E-state index is 12.1. The van der Waals surface area contributed by atoms with Gasteiger partial charge >= 0.3 is 0 Å². The van der Waals surface area contributed by atoms with Crippen molar-refractivity contribution in [1.82, 2.24) is 25.7 Å². The minimum Gasteiger partial charge on any atom is -0.424 e. The van der Waals surface area contributed by atoms with E-state index in [4.69, 9.17) is 4.42 Å². The zero-order valence-electron chi connectivity index (χ0n) is 12.3. The van der Waals surface area contributed by atoms with Gasteiger partial charge in [0, 0.05) is 12.5 Å². The van der Waals surface area contributed by atoms with E-state index in [0.717, 1.165) is 11.3 Å². The summed E-state index contributed by atoms with van der Waals surface area (Å²) in [7, 11) is 0. The summed E-state index contributed by atoms with van der Waals surface area (Å²) < 4.78 is 5.19. The van der Waals surface area contributed by atoms with Crippen LogP contribution in [0.1, 0.15) is 27.8 Å². The molecule has 0 radical (unpaired) electrons. The number of nitrogens with zero attached hydrogens (tertiary/aromatic N) is 3. The Bertz CT molecular complexity index is 788. The van der Waals surface area contributed by atoms with Crippen molar-refractivity contribution in [3.8, 4) is 11.3 Å². The van der Waals surface area contributed by atoms with Gasteiger partial charge in [0.05, 0.1) is 12.2 Å². The lowest BCUT2D eigenvalue weighted by Gasteiger charge is -1.98. The number of carbonyl (C=O) groups is 1. The van der Waals surface area contributed by atoms with Gasteiger partial charge in [-0.2, -0.15) is 5.10 Å². The molecule has 0 atom stereocenters. The van der Waals surface area contributed by atoms with E-state index in [9.17, 15) is 4.79 Å². The summed E-state index contributed by atoms with van der Waals surface area (Å²) in [6.07, 6.45) is 0. The molecule has 0 aliphatic rings. The van der Waals surface area contributed by atoms with Crippen LogP contribution in [-0.4, -0.2) is 26.3 Å². The van der Waals surface area contributed by atoms with Crippen molar-refractivity contribution < 1.29 is 9.21 Å². The van der Waals surface area contributed by atoms with Gasteiger partial charge in [-0.3, -0.25) is 9.89 Å². The van der Waals surface area contributed by atoms with Gasteiger partial charge in [-0.15, -0.1) is 10.2 Å². The monoisotopic (exact) mass is 297 g/mol. The van der Waals surface area contributed by atoms with E-state index < -0.39 is 0 Å². The Morgan fingerprint density at radius 1 is 1.23 bits per heavy atom. The van der Waals surface area contributed by atoms with Crippen molar-refractivity contribution in [2.24, 2.45) is 0 Å². The van der Waals surface area contributed by atoms with Crippen molar-refractivity contribution >= 4 is 5.91 Å². The van der Waals surface area contributed by atoms with Gasteiger partial charge in [0.2, 0.25) is 11.8 Å². The van der Waals surface area contributed by atoms with Crippen LogP contribution in [0.2, 0.25) is 0 Å². The molecule has 1 amide bonds. The van der Waals surface area contributed by atoms with Gasteiger partial charge in [-0.05, 0) is 13.0 Å². The summed E-state index contributed by atoms with van der Waals surface area (Å²) in [5, 5.41) is 17.1. The standard InChI is InChI=1S/C15H15N5O2/c1-9-3-5-11(6-4-9)12-7-13(19-18-12)15(21)16-8-14-20-17-10(2)22-14/h3-7H,8H2,1-2H3,(H,16,21)(H,18,19). The Morgan fingerprint density at radius 3 is 2.68 bits per heavy atom. The SMILES string of the molecule is Cc1ccc(-c2cc(C(=O)NCc3nnc(C)o3)[nH]n2)cc1. The van der Waals surface area contributed by atoms with Crippen LogP contribution in [0.15, 0.2) is 34.7 Å². The minimum atomic E-state index is -0.276. The first-order valence-corrected chi connectivity index (χ1v) is 6.81. The number of hydrogen-bond donors (Lipinski definition) is 2. The molecule has 112 valence electrons.